The Morgan fingerprint density at radius 1 is 1.32 bits per heavy atom. The van der Waals surface area contributed by atoms with Crippen molar-refractivity contribution in [3.63, 3.8) is 0 Å². The number of carbonyl (C=O) groups is 1. The standard InChI is InChI=1S/C15H14FNO2/c1-10(17-13-5-3-4-12(16)9-13)8-14(18)15-7-6-11(2)19-15/h3-9,17H,1-2H3. The molecule has 19 heavy (non-hydrogen) atoms. The van der Waals surface area contributed by atoms with E-state index >= 15 is 0 Å². The number of benzene rings is 1. The van der Waals surface area contributed by atoms with Gasteiger partial charge in [0, 0.05) is 17.5 Å². The second-order valence-electron chi connectivity index (χ2n) is 4.24. The normalized spacial score (nSPS) is 11.4. The Bertz CT molecular complexity index is 629. The number of ketones is 1. The van der Waals surface area contributed by atoms with E-state index in [-0.39, 0.29) is 17.4 Å². The van der Waals surface area contributed by atoms with Gasteiger partial charge in [0.05, 0.1) is 0 Å². The van der Waals surface area contributed by atoms with Gasteiger partial charge in [0.2, 0.25) is 5.78 Å². The maximum atomic E-state index is 13.0. The molecule has 98 valence electrons. The molecule has 0 atom stereocenters. The van der Waals surface area contributed by atoms with Crippen LogP contribution in [0.25, 0.3) is 0 Å². The van der Waals surface area contributed by atoms with Crippen LogP contribution in [-0.2, 0) is 0 Å². The van der Waals surface area contributed by atoms with Crippen LogP contribution in [0.1, 0.15) is 23.2 Å². The zero-order valence-electron chi connectivity index (χ0n) is 10.7. The molecule has 0 aliphatic rings. The molecule has 0 spiro atoms. The maximum absolute atomic E-state index is 13.0. The minimum atomic E-state index is -0.328. The van der Waals surface area contributed by atoms with Gasteiger partial charge in [-0.2, -0.15) is 0 Å². The van der Waals surface area contributed by atoms with E-state index in [2.05, 4.69) is 5.32 Å². The quantitative estimate of drug-likeness (QED) is 0.668. The van der Waals surface area contributed by atoms with Gasteiger partial charge in [-0.05, 0) is 44.2 Å². The van der Waals surface area contributed by atoms with E-state index in [0.717, 1.165) is 0 Å². The first-order chi connectivity index (χ1) is 9.04. The highest BCUT2D eigenvalue weighted by molar-refractivity contribution is 6.03. The smallest absolute Gasteiger partial charge is 0.222 e. The molecule has 1 N–H and O–H groups in total. The summed E-state index contributed by atoms with van der Waals surface area (Å²) in [5.74, 6) is 0.422. The Kier molecular flexibility index (Phi) is 3.80. The van der Waals surface area contributed by atoms with Crippen LogP contribution in [0, 0.1) is 12.7 Å². The molecule has 0 saturated heterocycles. The van der Waals surface area contributed by atoms with Crippen molar-refractivity contribution in [2.75, 3.05) is 5.32 Å². The van der Waals surface area contributed by atoms with E-state index in [1.165, 1.54) is 18.2 Å². The lowest BCUT2D eigenvalue weighted by Gasteiger charge is -2.05. The van der Waals surface area contributed by atoms with Crippen LogP contribution in [0.2, 0.25) is 0 Å². The zero-order chi connectivity index (χ0) is 13.8. The molecule has 0 aliphatic carbocycles. The van der Waals surface area contributed by atoms with Gasteiger partial charge >= 0.3 is 0 Å². The maximum Gasteiger partial charge on any atom is 0.222 e. The zero-order valence-corrected chi connectivity index (χ0v) is 10.7. The summed E-state index contributed by atoms with van der Waals surface area (Å²) in [5.41, 5.74) is 1.21. The largest absolute Gasteiger partial charge is 0.458 e. The Labute approximate surface area is 110 Å². The molecule has 1 aromatic carbocycles. The first-order valence-corrected chi connectivity index (χ1v) is 5.86. The number of anilines is 1. The average Bonchev–Trinajstić information content (AvgIpc) is 2.75. The van der Waals surface area contributed by atoms with Gasteiger partial charge in [-0.25, -0.2) is 4.39 Å². The first kappa shape index (κ1) is 13.1. The number of hydrogen-bond donors (Lipinski definition) is 1. The second kappa shape index (κ2) is 5.52. The summed E-state index contributed by atoms with van der Waals surface area (Å²) in [5, 5.41) is 2.95. The molecule has 4 heteroatoms. The van der Waals surface area contributed by atoms with Gasteiger partial charge in [0.15, 0.2) is 5.76 Å². The minimum absolute atomic E-state index is 0.227. The number of carbonyl (C=O) groups excluding carboxylic acids is 1. The van der Waals surface area contributed by atoms with Crippen LogP contribution in [0.4, 0.5) is 10.1 Å². The van der Waals surface area contributed by atoms with E-state index < -0.39 is 0 Å². The summed E-state index contributed by atoms with van der Waals surface area (Å²) in [4.78, 5) is 11.8. The van der Waals surface area contributed by atoms with E-state index in [0.29, 0.717) is 17.1 Å². The summed E-state index contributed by atoms with van der Waals surface area (Å²) < 4.78 is 18.2. The van der Waals surface area contributed by atoms with E-state index in [1.807, 2.05) is 0 Å². The van der Waals surface area contributed by atoms with Crippen molar-refractivity contribution in [1.29, 1.82) is 0 Å². The summed E-state index contributed by atoms with van der Waals surface area (Å²) in [6.07, 6.45) is 1.42. The fourth-order valence-corrected chi connectivity index (χ4v) is 1.66. The van der Waals surface area contributed by atoms with Crippen molar-refractivity contribution < 1.29 is 13.6 Å². The second-order valence-corrected chi connectivity index (χ2v) is 4.24. The van der Waals surface area contributed by atoms with Crippen molar-refractivity contribution in [3.05, 3.63) is 65.5 Å². The van der Waals surface area contributed by atoms with Gasteiger partial charge in [-0.15, -0.1) is 0 Å². The lowest BCUT2D eigenvalue weighted by atomic mass is 10.2. The monoisotopic (exact) mass is 259 g/mol. The van der Waals surface area contributed by atoms with Gasteiger partial charge in [0.25, 0.3) is 0 Å². The molecule has 0 amide bonds. The number of halogens is 1. The van der Waals surface area contributed by atoms with Gasteiger partial charge < -0.3 is 9.73 Å². The highest BCUT2D eigenvalue weighted by Gasteiger charge is 2.07. The Morgan fingerprint density at radius 2 is 2.11 bits per heavy atom. The number of aryl methyl sites for hydroxylation is 1. The Morgan fingerprint density at radius 3 is 2.74 bits per heavy atom. The fraction of sp³-hybridized carbons (Fsp3) is 0.133. The van der Waals surface area contributed by atoms with Crippen LogP contribution in [0.15, 0.2) is 52.6 Å². The summed E-state index contributed by atoms with van der Waals surface area (Å²) in [7, 11) is 0. The average molecular weight is 259 g/mol. The van der Waals surface area contributed by atoms with Crippen molar-refractivity contribution in [3.8, 4) is 0 Å². The molecule has 0 radical (unpaired) electrons. The molecule has 0 aliphatic heterocycles. The number of furan rings is 1. The Hall–Kier alpha value is -2.36. The van der Waals surface area contributed by atoms with Crippen LogP contribution in [-0.4, -0.2) is 5.78 Å². The lowest BCUT2D eigenvalue weighted by Crippen LogP contribution is -2.00. The molecule has 0 bridgehead atoms. The molecule has 2 aromatic rings. The molecule has 1 aromatic heterocycles. The molecular weight excluding hydrogens is 245 g/mol. The van der Waals surface area contributed by atoms with Crippen LogP contribution in [0.3, 0.4) is 0 Å². The molecule has 0 saturated carbocycles. The highest BCUT2D eigenvalue weighted by Crippen LogP contribution is 2.13. The van der Waals surface area contributed by atoms with E-state index in [4.69, 9.17) is 4.42 Å². The number of hydrogen-bond acceptors (Lipinski definition) is 3. The van der Waals surface area contributed by atoms with Crippen LogP contribution >= 0.6 is 0 Å². The lowest BCUT2D eigenvalue weighted by molar-refractivity contribution is 0.102. The third-order valence-electron chi connectivity index (χ3n) is 2.50. The minimum Gasteiger partial charge on any atom is -0.458 e. The van der Waals surface area contributed by atoms with Gasteiger partial charge in [-0.1, -0.05) is 6.07 Å². The third kappa shape index (κ3) is 3.55. The molecule has 0 fully saturated rings. The topological polar surface area (TPSA) is 42.2 Å². The Balaban J connectivity index is 2.09. The van der Waals surface area contributed by atoms with Gasteiger partial charge in [-0.3, -0.25) is 4.79 Å². The first-order valence-electron chi connectivity index (χ1n) is 5.86. The van der Waals surface area contributed by atoms with Gasteiger partial charge in [0.1, 0.15) is 11.6 Å². The predicted octanol–water partition coefficient (Wildman–Crippen LogP) is 3.93. The SMILES string of the molecule is CC(=CC(=O)c1ccc(C)o1)Nc1cccc(F)c1. The molecule has 2 rings (SSSR count). The van der Waals surface area contributed by atoms with Crippen molar-refractivity contribution in [1.82, 2.24) is 0 Å². The van der Waals surface area contributed by atoms with Crippen molar-refractivity contribution in [2.24, 2.45) is 0 Å². The number of nitrogens with one attached hydrogen (secondary N) is 1. The number of allylic oxidation sites excluding steroid dienone is 2. The predicted molar refractivity (Wildman–Crippen MR) is 71.6 cm³/mol. The van der Waals surface area contributed by atoms with Crippen molar-refractivity contribution >= 4 is 11.5 Å². The van der Waals surface area contributed by atoms with E-state index in [1.54, 1.807) is 38.1 Å². The summed E-state index contributed by atoms with van der Waals surface area (Å²) in [6.45, 7) is 3.51. The third-order valence-corrected chi connectivity index (χ3v) is 2.50. The molecule has 3 nitrogen and oxygen atoms in total. The summed E-state index contributed by atoms with van der Waals surface area (Å²) in [6, 6.07) is 9.41. The fourth-order valence-electron chi connectivity index (χ4n) is 1.66. The number of rotatable bonds is 4. The van der Waals surface area contributed by atoms with Crippen LogP contribution in [0.5, 0.6) is 0 Å². The van der Waals surface area contributed by atoms with Crippen LogP contribution < -0.4 is 5.32 Å². The molecule has 1 heterocycles. The van der Waals surface area contributed by atoms with E-state index in [9.17, 15) is 9.18 Å². The molecule has 0 unspecified atom stereocenters. The molecular formula is C15H14FNO2. The highest BCUT2D eigenvalue weighted by atomic mass is 19.1. The summed E-state index contributed by atoms with van der Waals surface area (Å²) >= 11 is 0. The van der Waals surface area contributed by atoms with Crippen molar-refractivity contribution in [2.45, 2.75) is 13.8 Å².